The van der Waals surface area contributed by atoms with Gasteiger partial charge < -0.3 is 5.32 Å². The van der Waals surface area contributed by atoms with Gasteiger partial charge in [0.1, 0.15) is 17.4 Å². The molecule has 0 aliphatic rings. The van der Waals surface area contributed by atoms with E-state index in [0.717, 1.165) is 22.0 Å². The molecule has 0 saturated carbocycles. The number of amides is 1. The zero-order chi connectivity index (χ0) is 20.5. The molecule has 0 radical (unpaired) electrons. The number of carbonyl (C=O) groups excluding carboxylic acids is 1. The third kappa shape index (κ3) is 3.32. The number of anilines is 1. The summed E-state index contributed by atoms with van der Waals surface area (Å²) < 4.78 is 14.6. The lowest BCUT2D eigenvalue weighted by Crippen LogP contribution is -2.16. The Labute approximate surface area is 166 Å². The lowest BCUT2D eigenvalue weighted by molar-refractivity contribution is 0.102. The highest BCUT2D eigenvalue weighted by atomic mass is 19.1. The molecule has 29 heavy (non-hydrogen) atoms. The van der Waals surface area contributed by atoms with E-state index in [1.54, 1.807) is 0 Å². The Morgan fingerprint density at radius 2 is 1.90 bits per heavy atom. The molecule has 1 N–H and O–H groups in total. The van der Waals surface area contributed by atoms with Crippen LogP contribution < -0.4 is 5.32 Å². The predicted octanol–water partition coefficient (Wildman–Crippen LogP) is 4.30. The number of pyridine rings is 1. The summed E-state index contributed by atoms with van der Waals surface area (Å²) in [5.41, 5.74) is 3.30. The second-order valence-electron chi connectivity index (χ2n) is 6.66. The molecule has 1 amide bonds. The summed E-state index contributed by atoms with van der Waals surface area (Å²) >= 11 is 0. The molecular weight excluding hydrogens is 369 g/mol. The molecule has 4 aromatic rings. The minimum atomic E-state index is -0.475. The zero-order valence-electron chi connectivity index (χ0n) is 15.8. The molecule has 0 fully saturated rings. The van der Waals surface area contributed by atoms with Crippen LogP contribution in [0.15, 0.2) is 54.7 Å². The number of aryl methyl sites for hydroxylation is 2. The summed E-state index contributed by atoms with van der Waals surface area (Å²) in [4.78, 5) is 17.3. The van der Waals surface area contributed by atoms with Gasteiger partial charge in [-0.15, -0.1) is 0 Å². The highest BCUT2D eigenvalue weighted by molar-refractivity contribution is 6.04. The van der Waals surface area contributed by atoms with Gasteiger partial charge in [-0.25, -0.2) is 9.37 Å². The molecule has 2 aromatic heterocycles. The average Bonchev–Trinajstić information content (AvgIpc) is 3.11. The quantitative estimate of drug-likeness (QED) is 0.570. The van der Waals surface area contributed by atoms with Gasteiger partial charge in [0.2, 0.25) is 0 Å². The monoisotopic (exact) mass is 385 g/mol. The molecule has 0 unspecified atom stereocenters. The van der Waals surface area contributed by atoms with Crippen molar-refractivity contribution in [3.8, 4) is 11.9 Å². The van der Waals surface area contributed by atoms with Gasteiger partial charge in [-0.3, -0.25) is 4.79 Å². The SMILES string of the molecule is Cc1cc(-n2ncc(C#N)c2NC(=O)c2ccc(F)cc2)nc2c(C)cccc12. The predicted molar refractivity (Wildman–Crippen MR) is 107 cm³/mol. The number of nitriles is 1. The van der Waals surface area contributed by atoms with E-state index in [4.69, 9.17) is 4.98 Å². The zero-order valence-corrected chi connectivity index (χ0v) is 15.8. The number of carbonyl (C=O) groups is 1. The number of para-hydroxylation sites is 1. The smallest absolute Gasteiger partial charge is 0.256 e. The maximum atomic E-state index is 13.1. The molecule has 0 spiro atoms. The van der Waals surface area contributed by atoms with Crippen LogP contribution in [-0.4, -0.2) is 20.7 Å². The fraction of sp³-hybridized carbons (Fsp3) is 0.0909. The van der Waals surface area contributed by atoms with Gasteiger partial charge in [0, 0.05) is 10.9 Å². The molecule has 7 heteroatoms. The molecule has 0 aliphatic heterocycles. The number of benzene rings is 2. The molecule has 0 saturated heterocycles. The number of fused-ring (bicyclic) bond motifs is 1. The van der Waals surface area contributed by atoms with Gasteiger partial charge in [-0.2, -0.15) is 15.0 Å². The first-order valence-corrected chi connectivity index (χ1v) is 8.90. The van der Waals surface area contributed by atoms with Crippen LogP contribution in [0.25, 0.3) is 16.7 Å². The highest BCUT2D eigenvalue weighted by Crippen LogP contribution is 2.25. The van der Waals surface area contributed by atoms with Crippen LogP contribution in [0.5, 0.6) is 0 Å². The molecule has 142 valence electrons. The van der Waals surface area contributed by atoms with Gasteiger partial charge in [0.05, 0.1) is 11.7 Å². The highest BCUT2D eigenvalue weighted by Gasteiger charge is 2.18. The van der Waals surface area contributed by atoms with E-state index in [1.807, 2.05) is 44.2 Å². The Kier molecular flexibility index (Phi) is 4.53. The van der Waals surface area contributed by atoms with Crippen molar-refractivity contribution in [3.05, 3.63) is 82.8 Å². The van der Waals surface area contributed by atoms with E-state index < -0.39 is 11.7 Å². The molecule has 0 atom stereocenters. The topological polar surface area (TPSA) is 83.6 Å². The first-order chi connectivity index (χ1) is 14.0. The largest absolute Gasteiger partial charge is 0.305 e. The van der Waals surface area contributed by atoms with E-state index in [0.29, 0.717) is 5.82 Å². The lowest BCUT2D eigenvalue weighted by atomic mass is 10.1. The Morgan fingerprint density at radius 3 is 2.62 bits per heavy atom. The first kappa shape index (κ1) is 18.3. The summed E-state index contributed by atoms with van der Waals surface area (Å²) in [6.45, 7) is 3.94. The van der Waals surface area contributed by atoms with Crippen LogP contribution in [0.2, 0.25) is 0 Å². The molecule has 0 bridgehead atoms. The Balaban J connectivity index is 1.80. The Morgan fingerprint density at radius 1 is 1.14 bits per heavy atom. The van der Waals surface area contributed by atoms with Crippen molar-refractivity contribution >= 4 is 22.6 Å². The van der Waals surface area contributed by atoms with E-state index in [1.165, 1.54) is 35.1 Å². The van der Waals surface area contributed by atoms with Gasteiger partial charge >= 0.3 is 0 Å². The average molecular weight is 385 g/mol. The van der Waals surface area contributed by atoms with Crippen molar-refractivity contribution in [2.24, 2.45) is 0 Å². The molecule has 4 rings (SSSR count). The van der Waals surface area contributed by atoms with Crippen molar-refractivity contribution in [1.82, 2.24) is 14.8 Å². The number of nitrogens with zero attached hydrogens (tertiary/aromatic N) is 4. The van der Waals surface area contributed by atoms with Crippen LogP contribution in [0.4, 0.5) is 10.2 Å². The standard InChI is InChI=1S/C22H16FN5O/c1-13-4-3-5-18-14(2)10-19(26-20(13)18)28-21(16(11-24)12-25-28)27-22(29)15-6-8-17(23)9-7-15/h3-10,12H,1-2H3,(H,27,29). The summed E-state index contributed by atoms with van der Waals surface area (Å²) in [6.07, 6.45) is 1.37. The van der Waals surface area contributed by atoms with E-state index in [2.05, 4.69) is 10.4 Å². The van der Waals surface area contributed by atoms with E-state index >= 15 is 0 Å². The number of halogens is 1. The van der Waals surface area contributed by atoms with Crippen molar-refractivity contribution in [2.75, 3.05) is 5.32 Å². The number of hydrogen-bond donors (Lipinski definition) is 1. The van der Waals surface area contributed by atoms with Gasteiger partial charge in [0.25, 0.3) is 5.91 Å². The van der Waals surface area contributed by atoms with Crippen molar-refractivity contribution in [3.63, 3.8) is 0 Å². The van der Waals surface area contributed by atoms with E-state index in [-0.39, 0.29) is 16.9 Å². The van der Waals surface area contributed by atoms with E-state index in [9.17, 15) is 14.4 Å². The number of rotatable bonds is 3. The van der Waals surface area contributed by atoms with Crippen molar-refractivity contribution in [1.29, 1.82) is 5.26 Å². The second-order valence-corrected chi connectivity index (χ2v) is 6.66. The van der Waals surface area contributed by atoms with Crippen LogP contribution in [0.1, 0.15) is 27.0 Å². The first-order valence-electron chi connectivity index (χ1n) is 8.90. The fourth-order valence-corrected chi connectivity index (χ4v) is 3.16. The molecular formula is C22H16FN5O. The number of hydrogen-bond acceptors (Lipinski definition) is 4. The molecule has 6 nitrogen and oxygen atoms in total. The minimum absolute atomic E-state index is 0.199. The third-order valence-corrected chi connectivity index (χ3v) is 4.68. The Hall–Kier alpha value is -4.05. The third-order valence-electron chi connectivity index (χ3n) is 4.68. The van der Waals surface area contributed by atoms with Gasteiger partial charge in [0.15, 0.2) is 11.6 Å². The van der Waals surface area contributed by atoms with Crippen LogP contribution in [-0.2, 0) is 0 Å². The lowest BCUT2D eigenvalue weighted by Gasteiger charge is -2.12. The van der Waals surface area contributed by atoms with Crippen LogP contribution >= 0.6 is 0 Å². The minimum Gasteiger partial charge on any atom is -0.305 e. The maximum absolute atomic E-state index is 13.1. The molecule has 2 aromatic carbocycles. The summed E-state index contributed by atoms with van der Waals surface area (Å²) in [7, 11) is 0. The second kappa shape index (κ2) is 7.17. The summed E-state index contributed by atoms with van der Waals surface area (Å²) in [6, 6.07) is 15.0. The fourth-order valence-electron chi connectivity index (χ4n) is 3.16. The van der Waals surface area contributed by atoms with Crippen molar-refractivity contribution < 1.29 is 9.18 Å². The Bertz CT molecular complexity index is 1290. The van der Waals surface area contributed by atoms with Gasteiger partial charge in [-0.1, -0.05) is 18.2 Å². The number of aromatic nitrogens is 3. The summed E-state index contributed by atoms with van der Waals surface area (Å²) in [5.74, 6) is -0.214. The van der Waals surface area contributed by atoms with Crippen LogP contribution in [0, 0.1) is 31.0 Å². The number of nitrogens with one attached hydrogen (secondary N) is 1. The normalized spacial score (nSPS) is 10.7. The molecule has 0 aliphatic carbocycles. The van der Waals surface area contributed by atoms with Crippen LogP contribution in [0.3, 0.4) is 0 Å². The van der Waals surface area contributed by atoms with Crippen molar-refractivity contribution in [2.45, 2.75) is 13.8 Å². The maximum Gasteiger partial charge on any atom is 0.256 e. The van der Waals surface area contributed by atoms with Gasteiger partial charge in [-0.05, 0) is 55.3 Å². The molecule has 2 heterocycles. The summed E-state index contributed by atoms with van der Waals surface area (Å²) in [5, 5.41) is 17.4.